The number of nitrogens with zero attached hydrogens (tertiary/aromatic N) is 3. The van der Waals surface area contributed by atoms with Crippen molar-refractivity contribution in [1.82, 2.24) is 25.4 Å². The quantitative estimate of drug-likeness (QED) is 0.823. The molecule has 1 fully saturated rings. The lowest BCUT2D eigenvalue weighted by atomic mass is 10.2. The van der Waals surface area contributed by atoms with Crippen molar-refractivity contribution in [2.75, 3.05) is 32.7 Å². The minimum Gasteiger partial charge on any atom is -0.338 e. The van der Waals surface area contributed by atoms with E-state index in [1.807, 2.05) is 32.0 Å². The Balaban J connectivity index is 1.77. The van der Waals surface area contributed by atoms with Gasteiger partial charge in [-0.2, -0.15) is 0 Å². The molecule has 1 atom stereocenters. The smallest absolute Gasteiger partial charge is 0.321 e. The Morgan fingerprint density at radius 3 is 2.61 bits per heavy atom. The number of piperazine rings is 1. The van der Waals surface area contributed by atoms with Crippen LogP contribution in [0.25, 0.3) is 0 Å². The number of carbonyl (C=O) groups is 2. The molecule has 7 nitrogen and oxygen atoms in total. The molecule has 2 rings (SSSR count). The van der Waals surface area contributed by atoms with Crippen molar-refractivity contribution in [1.29, 1.82) is 0 Å². The number of carbonyl (C=O) groups excluding carboxylic acids is 2. The predicted octanol–water partition coefficient (Wildman–Crippen LogP) is 0.433. The Morgan fingerprint density at radius 1 is 1.26 bits per heavy atom. The molecule has 1 aliphatic heterocycles. The Hall–Kier alpha value is -1.99. The fourth-order valence-corrected chi connectivity index (χ4v) is 2.62. The second-order valence-electron chi connectivity index (χ2n) is 5.66. The van der Waals surface area contributed by atoms with Crippen molar-refractivity contribution in [3.63, 3.8) is 0 Å². The van der Waals surface area contributed by atoms with Crippen LogP contribution in [-0.2, 0) is 11.3 Å². The number of hydrogen-bond acceptors (Lipinski definition) is 5. The number of hydrogen-bond donors (Lipinski definition) is 2. The van der Waals surface area contributed by atoms with Crippen molar-refractivity contribution in [3.05, 3.63) is 30.1 Å². The van der Waals surface area contributed by atoms with E-state index in [0.29, 0.717) is 6.54 Å². The first-order valence-electron chi connectivity index (χ1n) is 8.05. The van der Waals surface area contributed by atoms with Gasteiger partial charge in [0, 0.05) is 45.5 Å². The predicted molar refractivity (Wildman–Crippen MR) is 87.8 cm³/mol. The highest BCUT2D eigenvalue weighted by atomic mass is 16.2. The van der Waals surface area contributed by atoms with Crippen LogP contribution in [0.5, 0.6) is 0 Å². The molecule has 1 aromatic heterocycles. The topological polar surface area (TPSA) is 77.6 Å². The minimum absolute atomic E-state index is 0.255. The maximum absolute atomic E-state index is 12.1. The molecule has 2 N–H and O–H groups in total. The molecule has 0 aromatic carbocycles. The average molecular weight is 319 g/mol. The molecule has 0 spiro atoms. The van der Waals surface area contributed by atoms with Gasteiger partial charge in [0.1, 0.15) is 0 Å². The largest absolute Gasteiger partial charge is 0.338 e. The number of rotatable bonds is 5. The van der Waals surface area contributed by atoms with Gasteiger partial charge in [-0.15, -0.1) is 0 Å². The Kier molecular flexibility index (Phi) is 6.49. The molecular weight excluding hydrogens is 294 g/mol. The van der Waals surface area contributed by atoms with Crippen molar-refractivity contribution in [2.45, 2.75) is 26.4 Å². The summed E-state index contributed by atoms with van der Waals surface area (Å²) < 4.78 is 0. The van der Waals surface area contributed by atoms with E-state index in [4.69, 9.17) is 0 Å². The Labute approximate surface area is 137 Å². The number of nitrogens with one attached hydrogen (secondary N) is 2. The molecular formula is C16H25N5O2. The summed E-state index contributed by atoms with van der Waals surface area (Å²) in [5.41, 5.74) is 1.06. The Morgan fingerprint density at radius 2 is 2.00 bits per heavy atom. The van der Waals surface area contributed by atoms with Crippen LogP contribution in [0.15, 0.2) is 24.4 Å². The summed E-state index contributed by atoms with van der Waals surface area (Å²) in [4.78, 5) is 32.3. The van der Waals surface area contributed by atoms with E-state index in [2.05, 4.69) is 25.4 Å². The van der Waals surface area contributed by atoms with Gasteiger partial charge in [-0.1, -0.05) is 6.07 Å². The third-order valence-corrected chi connectivity index (χ3v) is 4.02. The first kappa shape index (κ1) is 17.4. The number of amides is 3. The first-order valence-corrected chi connectivity index (χ1v) is 8.05. The minimum atomic E-state index is -0.432. The molecule has 23 heavy (non-hydrogen) atoms. The summed E-state index contributed by atoms with van der Waals surface area (Å²) in [5.74, 6) is -0.255. The summed E-state index contributed by atoms with van der Waals surface area (Å²) in [6.07, 6.45) is 1.80. The SMILES string of the molecule is CCNC(=O)NC(=O)C(C)N1CCN(Cc2ccccn2)CC1. The first-order chi connectivity index (χ1) is 11.1. The van der Waals surface area contributed by atoms with E-state index in [1.165, 1.54) is 0 Å². The summed E-state index contributed by atoms with van der Waals surface area (Å²) >= 11 is 0. The van der Waals surface area contributed by atoms with Crippen LogP contribution >= 0.6 is 0 Å². The normalized spacial score (nSPS) is 17.5. The molecule has 2 heterocycles. The third-order valence-electron chi connectivity index (χ3n) is 4.02. The molecule has 1 saturated heterocycles. The number of pyridine rings is 1. The zero-order chi connectivity index (χ0) is 16.7. The second kappa shape index (κ2) is 8.59. The third kappa shape index (κ3) is 5.30. The zero-order valence-corrected chi connectivity index (χ0v) is 13.8. The summed E-state index contributed by atoms with van der Waals surface area (Å²) in [6.45, 7) is 8.35. The highest BCUT2D eigenvalue weighted by molar-refractivity contribution is 5.96. The maximum atomic E-state index is 12.1. The van der Waals surface area contributed by atoms with Crippen molar-refractivity contribution in [2.24, 2.45) is 0 Å². The Bertz CT molecular complexity index is 514. The van der Waals surface area contributed by atoms with Crippen LogP contribution in [0, 0.1) is 0 Å². The summed E-state index contributed by atoms with van der Waals surface area (Å²) in [7, 11) is 0. The summed E-state index contributed by atoms with van der Waals surface area (Å²) in [6, 6.07) is 5.19. The fourth-order valence-electron chi connectivity index (χ4n) is 2.62. The van der Waals surface area contributed by atoms with Gasteiger partial charge in [-0.25, -0.2) is 4.79 Å². The number of imide groups is 1. The highest BCUT2D eigenvalue weighted by Crippen LogP contribution is 2.09. The molecule has 0 aliphatic carbocycles. The molecule has 1 unspecified atom stereocenters. The van der Waals surface area contributed by atoms with E-state index < -0.39 is 6.03 Å². The van der Waals surface area contributed by atoms with Crippen LogP contribution in [0.1, 0.15) is 19.5 Å². The van der Waals surface area contributed by atoms with Gasteiger partial charge < -0.3 is 5.32 Å². The molecule has 1 aromatic rings. The monoisotopic (exact) mass is 319 g/mol. The summed E-state index contributed by atoms with van der Waals surface area (Å²) in [5, 5.41) is 4.94. The standard InChI is InChI=1S/C16H25N5O2/c1-3-17-16(23)19-15(22)13(2)21-10-8-20(9-11-21)12-14-6-4-5-7-18-14/h4-7,13H,3,8-12H2,1-2H3,(H2,17,19,22,23). The second-order valence-corrected chi connectivity index (χ2v) is 5.66. The zero-order valence-electron chi connectivity index (χ0n) is 13.8. The van der Waals surface area contributed by atoms with Crippen LogP contribution in [0.4, 0.5) is 4.79 Å². The average Bonchev–Trinajstić information content (AvgIpc) is 2.56. The fraction of sp³-hybridized carbons (Fsp3) is 0.562. The van der Waals surface area contributed by atoms with Gasteiger partial charge in [0.15, 0.2) is 0 Å². The van der Waals surface area contributed by atoms with Crippen molar-refractivity contribution >= 4 is 11.9 Å². The lowest BCUT2D eigenvalue weighted by Crippen LogP contribution is -2.55. The molecule has 0 saturated carbocycles. The number of aromatic nitrogens is 1. The van der Waals surface area contributed by atoms with Crippen molar-refractivity contribution < 1.29 is 9.59 Å². The van der Waals surface area contributed by atoms with Gasteiger partial charge in [-0.05, 0) is 26.0 Å². The molecule has 0 radical (unpaired) electrons. The van der Waals surface area contributed by atoms with Gasteiger partial charge in [-0.3, -0.25) is 24.9 Å². The van der Waals surface area contributed by atoms with Gasteiger partial charge in [0.2, 0.25) is 5.91 Å². The lowest BCUT2D eigenvalue weighted by Gasteiger charge is -2.37. The van der Waals surface area contributed by atoms with Crippen LogP contribution in [0.3, 0.4) is 0 Å². The van der Waals surface area contributed by atoms with Crippen LogP contribution < -0.4 is 10.6 Å². The van der Waals surface area contributed by atoms with E-state index in [-0.39, 0.29) is 11.9 Å². The highest BCUT2D eigenvalue weighted by Gasteiger charge is 2.26. The molecule has 7 heteroatoms. The van der Waals surface area contributed by atoms with E-state index >= 15 is 0 Å². The van der Waals surface area contributed by atoms with Crippen LogP contribution in [0.2, 0.25) is 0 Å². The van der Waals surface area contributed by atoms with Gasteiger partial charge in [0.25, 0.3) is 0 Å². The van der Waals surface area contributed by atoms with Crippen molar-refractivity contribution in [3.8, 4) is 0 Å². The number of urea groups is 1. The maximum Gasteiger partial charge on any atom is 0.321 e. The molecule has 1 aliphatic rings. The molecule has 0 bridgehead atoms. The van der Waals surface area contributed by atoms with E-state index in [1.54, 1.807) is 6.20 Å². The van der Waals surface area contributed by atoms with E-state index in [0.717, 1.165) is 38.4 Å². The van der Waals surface area contributed by atoms with Gasteiger partial charge >= 0.3 is 6.03 Å². The van der Waals surface area contributed by atoms with Crippen LogP contribution in [-0.4, -0.2) is 65.5 Å². The molecule has 3 amide bonds. The van der Waals surface area contributed by atoms with Gasteiger partial charge in [0.05, 0.1) is 11.7 Å². The molecule has 126 valence electrons. The lowest BCUT2D eigenvalue weighted by molar-refractivity contribution is -0.125. The van der Waals surface area contributed by atoms with E-state index in [9.17, 15) is 9.59 Å².